The number of carbonyl (C=O) groups is 1. The fraction of sp³-hybridized carbons (Fsp3) is 0.562. The zero-order chi connectivity index (χ0) is 15.7. The summed E-state index contributed by atoms with van der Waals surface area (Å²) < 4.78 is 24.5. The topological polar surface area (TPSA) is 50.8 Å². The summed E-state index contributed by atoms with van der Waals surface area (Å²) in [5.41, 5.74) is 0.0374. The molecule has 2 aliphatic rings. The Balaban J connectivity index is 1.85. The molecule has 2 heterocycles. The van der Waals surface area contributed by atoms with Gasteiger partial charge < -0.3 is 19.7 Å². The van der Waals surface area contributed by atoms with Gasteiger partial charge in [0, 0.05) is 31.2 Å². The van der Waals surface area contributed by atoms with Crippen molar-refractivity contribution in [1.82, 2.24) is 10.2 Å². The van der Waals surface area contributed by atoms with Crippen LogP contribution in [0.15, 0.2) is 12.1 Å². The number of carbonyl (C=O) groups excluding carboxylic acids is 1. The summed E-state index contributed by atoms with van der Waals surface area (Å²) in [7, 11) is 2.91. The number of hydrogen-bond acceptors (Lipinski definition) is 4. The van der Waals surface area contributed by atoms with Crippen LogP contribution in [0.3, 0.4) is 0 Å². The monoisotopic (exact) mass is 308 g/mol. The van der Waals surface area contributed by atoms with Crippen molar-refractivity contribution in [2.45, 2.75) is 31.3 Å². The molecule has 2 fully saturated rings. The summed E-state index contributed by atoms with van der Waals surface area (Å²) in [5.74, 6) is -0.215. The number of methoxy groups -OCH3 is 2. The highest BCUT2D eigenvalue weighted by Crippen LogP contribution is 2.31. The van der Waals surface area contributed by atoms with E-state index in [1.54, 1.807) is 4.90 Å². The first-order valence-electron chi connectivity index (χ1n) is 7.59. The van der Waals surface area contributed by atoms with Gasteiger partial charge in [-0.25, -0.2) is 4.39 Å². The van der Waals surface area contributed by atoms with E-state index in [2.05, 4.69) is 5.32 Å². The Morgan fingerprint density at radius 2 is 1.86 bits per heavy atom. The molecule has 0 aliphatic carbocycles. The standard InChI is InChI=1S/C16H21FN2O3/c1-21-14-7-12(13(17)8-15(14)22-2)16(20)19-6-5-10-3-4-11(9-19)18-10/h7-8,10-11,18H,3-6,9H2,1-2H3. The van der Waals surface area contributed by atoms with Gasteiger partial charge in [-0.2, -0.15) is 0 Å². The van der Waals surface area contributed by atoms with Gasteiger partial charge in [0.15, 0.2) is 11.5 Å². The number of hydrogen-bond donors (Lipinski definition) is 1. The third kappa shape index (κ3) is 2.75. The quantitative estimate of drug-likeness (QED) is 0.925. The number of amides is 1. The molecule has 0 radical (unpaired) electrons. The van der Waals surface area contributed by atoms with Gasteiger partial charge >= 0.3 is 0 Å². The number of ether oxygens (including phenoxy) is 2. The van der Waals surface area contributed by atoms with Crippen molar-refractivity contribution in [3.63, 3.8) is 0 Å². The second-order valence-corrected chi connectivity index (χ2v) is 5.86. The molecule has 2 bridgehead atoms. The van der Waals surface area contributed by atoms with Gasteiger partial charge in [0.05, 0.1) is 19.8 Å². The molecular formula is C16H21FN2O3. The average molecular weight is 308 g/mol. The first-order chi connectivity index (χ1) is 10.6. The molecule has 6 heteroatoms. The number of halogens is 1. The molecule has 1 amide bonds. The van der Waals surface area contributed by atoms with E-state index in [-0.39, 0.29) is 17.2 Å². The van der Waals surface area contributed by atoms with E-state index in [1.807, 2.05) is 0 Å². The highest BCUT2D eigenvalue weighted by Gasteiger charge is 2.32. The number of rotatable bonds is 3. The molecular weight excluding hydrogens is 287 g/mol. The summed E-state index contributed by atoms with van der Waals surface area (Å²) in [6, 6.07) is 3.43. The Hall–Kier alpha value is -1.82. The predicted octanol–water partition coefficient (Wildman–Crippen LogP) is 1.81. The van der Waals surface area contributed by atoms with Gasteiger partial charge in [0.2, 0.25) is 0 Å². The minimum absolute atomic E-state index is 0.0374. The van der Waals surface area contributed by atoms with E-state index >= 15 is 0 Å². The molecule has 1 aromatic rings. The minimum atomic E-state index is -0.579. The Morgan fingerprint density at radius 1 is 1.18 bits per heavy atom. The van der Waals surface area contributed by atoms with Crippen LogP contribution in [0, 0.1) is 5.82 Å². The van der Waals surface area contributed by atoms with Crippen molar-refractivity contribution in [3.05, 3.63) is 23.5 Å². The maximum Gasteiger partial charge on any atom is 0.257 e. The molecule has 2 aliphatic heterocycles. The maximum atomic E-state index is 14.2. The number of fused-ring (bicyclic) bond motifs is 2. The van der Waals surface area contributed by atoms with E-state index in [4.69, 9.17) is 9.47 Å². The van der Waals surface area contributed by atoms with Gasteiger partial charge in [0.1, 0.15) is 5.82 Å². The molecule has 2 unspecified atom stereocenters. The highest BCUT2D eigenvalue weighted by atomic mass is 19.1. The second kappa shape index (κ2) is 6.12. The first kappa shape index (κ1) is 15.1. The largest absolute Gasteiger partial charge is 0.493 e. The maximum absolute atomic E-state index is 14.2. The third-order valence-corrected chi connectivity index (χ3v) is 4.51. The number of benzene rings is 1. The zero-order valence-corrected chi connectivity index (χ0v) is 12.9. The minimum Gasteiger partial charge on any atom is -0.493 e. The van der Waals surface area contributed by atoms with Gasteiger partial charge in [0.25, 0.3) is 5.91 Å². The molecule has 0 spiro atoms. The van der Waals surface area contributed by atoms with E-state index in [0.717, 1.165) is 19.3 Å². The smallest absolute Gasteiger partial charge is 0.257 e. The van der Waals surface area contributed by atoms with Crippen LogP contribution in [-0.4, -0.2) is 50.2 Å². The second-order valence-electron chi connectivity index (χ2n) is 5.86. The Morgan fingerprint density at radius 3 is 2.59 bits per heavy atom. The summed E-state index contributed by atoms with van der Waals surface area (Å²) in [6.45, 7) is 1.28. The number of nitrogens with one attached hydrogen (secondary N) is 1. The van der Waals surface area contributed by atoms with Crippen LogP contribution >= 0.6 is 0 Å². The van der Waals surface area contributed by atoms with Crippen LogP contribution in [0.1, 0.15) is 29.6 Å². The number of likely N-dealkylation sites (tertiary alicyclic amines) is 1. The SMILES string of the molecule is COc1cc(F)c(C(=O)N2CCC3CCC(C2)N3)cc1OC. The van der Waals surface area contributed by atoms with E-state index in [1.165, 1.54) is 26.4 Å². The lowest BCUT2D eigenvalue weighted by atomic mass is 10.1. The van der Waals surface area contributed by atoms with E-state index in [9.17, 15) is 9.18 Å². The summed E-state index contributed by atoms with van der Waals surface area (Å²) >= 11 is 0. The number of nitrogens with zero attached hydrogens (tertiary/aromatic N) is 1. The molecule has 120 valence electrons. The molecule has 22 heavy (non-hydrogen) atoms. The Labute approximate surface area is 129 Å². The van der Waals surface area contributed by atoms with Crippen molar-refractivity contribution < 1.29 is 18.7 Å². The molecule has 5 nitrogen and oxygen atoms in total. The lowest BCUT2D eigenvalue weighted by Crippen LogP contribution is -2.39. The average Bonchev–Trinajstić information content (AvgIpc) is 2.85. The van der Waals surface area contributed by atoms with Crippen LogP contribution in [0.4, 0.5) is 4.39 Å². The lowest BCUT2D eigenvalue weighted by molar-refractivity contribution is 0.0743. The van der Waals surface area contributed by atoms with Crippen LogP contribution in [0.25, 0.3) is 0 Å². The van der Waals surface area contributed by atoms with Crippen LogP contribution < -0.4 is 14.8 Å². The van der Waals surface area contributed by atoms with Crippen LogP contribution in [0.2, 0.25) is 0 Å². The van der Waals surface area contributed by atoms with Crippen molar-refractivity contribution in [2.75, 3.05) is 27.3 Å². The predicted molar refractivity (Wildman–Crippen MR) is 80.0 cm³/mol. The summed E-state index contributed by atoms with van der Waals surface area (Å²) in [5, 5.41) is 3.51. The Kier molecular flexibility index (Phi) is 4.20. The molecule has 3 rings (SSSR count). The summed E-state index contributed by atoms with van der Waals surface area (Å²) in [4.78, 5) is 14.4. The molecule has 1 N–H and O–H groups in total. The molecule has 0 aromatic heterocycles. The normalized spacial score (nSPS) is 24.0. The third-order valence-electron chi connectivity index (χ3n) is 4.51. The molecule has 2 atom stereocenters. The van der Waals surface area contributed by atoms with Gasteiger partial charge in [-0.1, -0.05) is 0 Å². The molecule has 0 saturated carbocycles. The molecule has 2 saturated heterocycles. The fourth-order valence-corrected chi connectivity index (χ4v) is 3.32. The zero-order valence-electron chi connectivity index (χ0n) is 12.9. The van der Waals surface area contributed by atoms with Gasteiger partial charge in [-0.05, 0) is 25.3 Å². The molecule has 1 aromatic carbocycles. The van der Waals surface area contributed by atoms with Crippen molar-refractivity contribution in [1.29, 1.82) is 0 Å². The van der Waals surface area contributed by atoms with E-state index < -0.39 is 5.82 Å². The van der Waals surface area contributed by atoms with Crippen molar-refractivity contribution >= 4 is 5.91 Å². The highest BCUT2D eigenvalue weighted by molar-refractivity contribution is 5.95. The van der Waals surface area contributed by atoms with Gasteiger partial charge in [-0.3, -0.25) is 4.79 Å². The Bertz CT molecular complexity index is 579. The lowest BCUT2D eigenvalue weighted by Gasteiger charge is -2.25. The van der Waals surface area contributed by atoms with Crippen molar-refractivity contribution in [3.8, 4) is 11.5 Å². The van der Waals surface area contributed by atoms with Crippen molar-refractivity contribution in [2.24, 2.45) is 0 Å². The van der Waals surface area contributed by atoms with Crippen LogP contribution in [0.5, 0.6) is 11.5 Å². The first-order valence-corrected chi connectivity index (χ1v) is 7.59. The van der Waals surface area contributed by atoms with E-state index in [0.29, 0.717) is 30.9 Å². The summed E-state index contributed by atoms with van der Waals surface area (Å²) in [6.07, 6.45) is 3.15. The van der Waals surface area contributed by atoms with Gasteiger partial charge in [-0.15, -0.1) is 0 Å². The fourth-order valence-electron chi connectivity index (χ4n) is 3.32. The van der Waals surface area contributed by atoms with Crippen LogP contribution in [-0.2, 0) is 0 Å².